The first-order valence-corrected chi connectivity index (χ1v) is 12.1. The number of anilines is 2. The van der Waals surface area contributed by atoms with Crippen LogP contribution in [0.4, 0.5) is 15.8 Å². The number of fused-ring (bicyclic) bond motifs is 6. The fraction of sp³-hybridized carbons (Fsp3) is 0.167. The molecular formula is C30H25FN2O3. The summed E-state index contributed by atoms with van der Waals surface area (Å²) in [5, 5.41) is 3.26. The van der Waals surface area contributed by atoms with Crippen molar-refractivity contribution in [3.8, 4) is 11.5 Å². The van der Waals surface area contributed by atoms with Crippen LogP contribution < -0.4 is 15.0 Å². The van der Waals surface area contributed by atoms with E-state index >= 15 is 0 Å². The van der Waals surface area contributed by atoms with Gasteiger partial charge >= 0.3 is 5.97 Å². The Hall–Kier alpha value is -4.32. The van der Waals surface area contributed by atoms with Gasteiger partial charge in [-0.2, -0.15) is 0 Å². The largest absolute Gasteiger partial charge is 0.456 e. The molecule has 180 valence electrons. The summed E-state index contributed by atoms with van der Waals surface area (Å²) in [4.78, 5) is 15.1. The zero-order chi connectivity index (χ0) is 24.9. The van der Waals surface area contributed by atoms with Crippen molar-refractivity contribution in [3.05, 3.63) is 119 Å². The van der Waals surface area contributed by atoms with Crippen LogP contribution in [0, 0.1) is 5.82 Å². The number of benzene rings is 4. The standard InChI is InChI=1S/C30H25FN2O3/c1-3-33(19(2)32-26-14-8-7-13-25(26)31)20-16-17-24-28(18-20)35-27-15-9-6-12-23(27)30(24)22-11-5-4-10-21(22)29(34)36-30/h4-19,32H,3H2,1-2H3. The highest BCUT2D eigenvalue weighted by Gasteiger charge is 2.53. The quantitative estimate of drug-likeness (QED) is 0.255. The third-order valence-electron chi connectivity index (χ3n) is 6.98. The van der Waals surface area contributed by atoms with E-state index in [1.165, 1.54) is 6.07 Å². The van der Waals surface area contributed by atoms with E-state index in [4.69, 9.17) is 9.47 Å². The topological polar surface area (TPSA) is 50.8 Å². The summed E-state index contributed by atoms with van der Waals surface area (Å²) in [6, 6.07) is 27.7. The molecule has 0 amide bonds. The van der Waals surface area contributed by atoms with Gasteiger partial charge in [-0.05, 0) is 50.2 Å². The molecule has 0 saturated heterocycles. The average Bonchev–Trinajstić information content (AvgIpc) is 3.19. The lowest BCUT2D eigenvalue weighted by molar-refractivity contribution is 0.0224. The van der Waals surface area contributed by atoms with Crippen molar-refractivity contribution in [3.63, 3.8) is 0 Å². The van der Waals surface area contributed by atoms with Gasteiger partial charge in [-0.1, -0.05) is 48.5 Å². The second-order valence-corrected chi connectivity index (χ2v) is 8.98. The Balaban J connectivity index is 1.44. The normalized spacial score (nSPS) is 17.9. The van der Waals surface area contributed by atoms with Crippen LogP contribution in [0.25, 0.3) is 0 Å². The van der Waals surface area contributed by atoms with Crippen LogP contribution >= 0.6 is 0 Å². The molecular weight excluding hydrogens is 455 g/mol. The highest BCUT2D eigenvalue weighted by Crippen LogP contribution is 2.56. The molecule has 4 aromatic rings. The third-order valence-corrected chi connectivity index (χ3v) is 6.98. The van der Waals surface area contributed by atoms with Gasteiger partial charge in [-0.15, -0.1) is 0 Å². The molecule has 0 bridgehead atoms. The summed E-state index contributed by atoms with van der Waals surface area (Å²) in [5.41, 5.74) is 3.20. The van der Waals surface area contributed by atoms with Gasteiger partial charge in [-0.25, -0.2) is 9.18 Å². The molecule has 5 nitrogen and oxygen atoms in total. The van der Waals surface area contributed by atoms with Gasteiger partial charge in [0.2, 0.25) is 0 Å². The molecule has 0 aliphatic carbocycles. The number of carbonyl (C=O) groups is 1. The number of hydrogen-bond donors (Lipinski definition) is 1. The van der Waals surface area contributed by atoms with Crippen LogP contribution in [0.2, 0.25) is 0 Å². The van der Waals surface area contributed by atoms with Crippen molar-refractivity contribution in [1.29, 1.82) is 0 Å². The molecule has 6 rings (SSSR count). The molecule has 0 aromatic heterocycles. The predicted molar refractivity (Wildman–Crippen MR) is 137 cm³/mol. The Morgan fingerprint density at radius 2 is 1.58 bits per heavy atom. The van der Waals surface area contributed by atoms with Gasteiger partial charge in [-0.3, -0.25) is 0 Å². The summed E-state index contributed by atoms with van der Waals surface area (Å²) >= 11 is 0. The lowest BCUT2D eigenvalue weighted by Gasteiger charge is -2.38. The smallest absolute Gasteiger partial charge is 0.340 e. The summed E-state index contributed by atoms with van der Waals surface area (Å²) in [7, 11) is 0. The second-order valence-electron chi connectivity index (χ2n) is 8.98. The van der Waals surface area contributed by atoms with E-state index < -0.39 is 5.60 Å². The van der Waals surface area contributed by atoms with Crippen molar-refractivity contribution in [2.45, 2.75) is 25.6 Å². The first kappa shape index (κ1) is 22.2. The number of halogens is 1. The third kappa shape index (κ3) is 3.25. The lowest BCUT2D eigenvalue weighted by atomic mass is 9.77. The molecule has 0 fully saturated rings. The Morgan fingerprint density at radius 3 is 2.39 bits per heavy atom. The summed E-state index contributed by atoms with van der Waals surface area (Å²) in [5.74, 6) is 0.615. The predicted octanol–water partition coefficient (Wildman–Crippen LogP) is 6.68. The molecule has 6 heteroatoms. The lowest BCUT2D eigenvalue weighted by Crippen LogP contribution is -2.39. The van der Waals surface area contributed by atoms with Crippen molar-refractivity contribution in [2.75, 3.05) is 16.8 Å². The minimum Gasteiger partial charge on any atom is -0.456 e. The molecule has 1 N–H and O–H groups in total. The van der Waals surface area contributed by atoms with E-state index in [2.05, 4.69) is 10.2 Å². The van der Waals surface area contributed by atoms with Crippen molar-refractivity contribution in [1.82, 2.24) is 0 Å². The number of hydrogen-bond acceptors (Lipinski definition) is 5. The van der Waals surface area contributed by atoms with Crippen LogP contribution in [0.3, 0.4) is 0 Å². The van der Waals surface area contributed by atoms with E-state index in [0.717, 1.165) is 22.4 Å². The Kier molecular flexibility index (Phi) is 5.18. The van der Waals surface area contributed by atoms with Gasteiger partial charge in [0.05, 0.1) is 17.4 Å². The molecule has 4 aromatic carbocycles. The molecule has 0 radical (unpaired) electrons. The van der Waals surface area contributed by atoms with Crippen LogP contribution in [0.15, 0.2) is 91.0 Å². The number of nitrogens with zero attached hydrogens (tertiary/aromatic N) is 1. The number of para-hydroxylation sites is 2. The second kappa shape index (κ2) is 8.41. The molecule has 2 aliphatic heterocycles. The molecule has 2 atom stereocenters. The molecule has 36 heavy (non-hydrogen) atoms. The fourth-order valence-electron chi connectivity index (χ4n) is 5.35. The minimum atomic E-state index is -1.08. The van der Waals surface area contributed by atoms with E-state index in [1.54, 1.807) is 24.3 Å². The highest BCUT2D eigenvalue weighted by molar-refractivity contribution is 5.97. The minimum absolute atomic E-state index is 0.195. The van der Waals surface area contributed by atoms with Crippen LogP contribution in [-0.2, 0) is 10.3 Å². The van der Waals surface area contributed by atoms with Gasteiger partial charge in [0.25, 0.3) is 0 Å². The molecule has 2 heterocycles. The van der Waals surface area contributed by atoms with Crippen molar-refractivity contribution >= 4 is 17.3 Å². The summed E-state index contributed by atoms with van der Waals surface area (Å²) in [6.07, 6.45) is -0.195. The Bertz CT molecular complexity index is 1490. The average molecular weight is 481 g/mol. The van der Waals surface area contributed by atoms with Gasteiger partial charge in [0.15, 0.2) is 5.60 Å². The maximum Gasteiger partial charge on any atom is 0.340 e. The van der Waals surface area contributed by atoms with Crippen molar-refractivity contribution in [2.24, 2.45) is 0 Å². The number of nitrogens with one attached hydrogen (secondary N) is 1. The molecule has 2 aliphatic rings. The number of carbonyl (C=O) groups excluding carboxylic acids is 1. The van der Waals surface area contributed by atoms with E-state index in [9.17, 15) is 9.18 Å². The van der Waals surface area contributed by atoms with Gasteiger partial charge in [0, 0.05) is 35.0 Å². The molecule has 0 saturated carbocycles. The maximum absolute atomic E-state index is 14.3. The summed E-state index contributed by atoms with van der Waals surface area (Å²) in [6.45, 7) is 4.72. The maximum atomic E-state index is 14.3. The van der Waals surface area contributed by atoms with E-state index in [-0.39, 0.29) is 18.0 Å². The van der Waals surface area contributed by atoms with Crippen LogP contribution in [0.5, 0.6) is 11.5 Å². The Morgan fingerprint density at radius 1 is 0.889 bits per heavy atom. The number of rotatable bonds is 5. The van der Waals surface area contributed by atoms with Crippen molar-refractivity contribution < 1.29 is 18.7 Å². The van der Waals surface area contributed by atoms with Gasteiger partial charge in [0.1, 0.15) is 17.3 Å². The zero-order valence-electron chi connectivity index (χ0n) is 20.0. The van der Waals surface area contributed by atoms with E-state index in [1.807, 2.05) is 74.5 Å². The number of ether oxygens (including phenoxy) is 2. The first-order chi connectivity index (χ1) is 17.5. The Labute approximate surface area is 209 Å². The zero-order valence-corrected chi connectivity index (χ0v) is 20.0. The van der Waals surface area contributed by atoms with E-state index in [0.29, 0.717) is 29.3 Å². The molecule has 2 unspecified atom stereocenters. The molecule has 1 spiro atoms. The van der Waals surface area contributed by atoms with Gasteiger partial charge < -0.3 is 19.7 Å². The highest BCUT2D eigenvalue weighted by atomic mass is 19.1. The van der Waals surface area contributed by atoms with Crippen LogP contribution in [-0.4, -0.2) is 18.7 Å². The fourth-order valence-corrected chi connectivity index (χ4v) is 5.35. The first-order valence-electron chi connectivity index (χ1n) is 12.1. The van der Waals surface area contributed by atoms with Crippen LogP contribution in [0.1, 0.15) is 40.9 Å². The monoisotopic (exact) mass is 480 g/mol. The summed E-state index contributed by atoms with van der Waals surface area (Å²) < 4.78 is 26.8. The number of esters is 1. The SMILES string of the molecule is CCN(c1ccc2c(c1)Oc1ccccc1C21OC(=O)c2ccccc21)C(C)Nc1ccccc1F.